The van der Waals surface area contributed by atoms with Crippen LogP contribution in [0.2, 0.25) is 0 Å². The molecule has 0 aliphatic rings. The number of aryl methyl sites for hydroxylation is 2. The van der Waals surface area contributed by atoms with Crippen molar-refractivity contribution in [3.8, 4) is 11.1 Å². The molecule has 2 aromatic carbocycles. The van der Waals surface area contributed by atoms with Crippen LogP contribution < -0.4 is 0 Å². The van der Waals surface area contributed by atoms with E-state index in [0.717, 1.165) is 0 Å². The molecule has 0 saturated carbocycles. The lowest BCUT2D eigenvalue weighted by Crippen LogP contribution is -1.92. The van der Waals surface area contributed by atoms with Gasteiger partial charge in [0, 0.05) is 3.57 Å². The standard InChI is InChI=1S/C16H17I/c1-10-5-7-15(16(17)9-10)14-8-6-11(2)12(3)13(14)4/h5-9H,1-4H3. The van der Waals surface area contributed by atoms with Crippen LogP contribution in [0, 0.1) is 31.3 Å². The maximum absolute atomic E-state index is 2.43. The summed E-state index contributed by atoms with van der Waals surface area (Å²) in [7, 11) is 0. The first-order chi connectivity index (χ1) is 8.00. The fourth-order valence-corrected chi connectivity index (χ4v) is 3.05. The van der Waals surface area contributed by atoms with Gasteiger partial charge in [-0.25, -0.2) is 0 Å². The molecule has 17 heavy (non-hydrogen) atoms. The van der Waals surface area contributed by atoms with Crippen LogP contribution in [0.5, 0.6) is 0 Å². The minimum Gasteiger partial charge on any atom is -0.0586 e. The van der Waals surface area contributed by atoms with Crippen molar-refractivity contribution in [2.45, 2.75) is 27.7 Å². The quantitative estimate of drug-likeness (QED) is 0.629. The second-order valence-electron chi connectivity index (χ2n) is 4.66. The number of benzene rings is 2. The monoisotopic (exact) mass is 336 g/mol. The van der Waals surface area contributed by atoms with Crippen LogP contribution >= 0.6 is 22.6 Å². The van der Waals surface area contributed by atoms with Crippen molar-refractivity contribution < 1.29 is 0 Å². The van der Waals surface area contributed by atoms with Crippen LogP contribution in [0.3, 0.4) is 0 Å². The maximum Gasteiger partial charge on any atom is 0.0211 e. The van der Waals surface area contributed by atoms with Crippen LogP contribution in [0.15, 0.2) is 30.3 Å². The van der Waals surface area contributed by atoms with E-state index in [1.165, 1.54) is 37.0 Å². The maximum atomic E-state index is 2.43. The molecule has 0 atom stereocenters. The van der Waals surface area contributed by atoms with Gasteiger partial charge in [0.1, 0.15) is 0 Å². The van der Waals surface area contributed by atoms with Crippen LogP contribution in [0.4, 0.5) is 0 Å². The minimum atomic E-state index is 1.32. The molecular weight excluding hydrogens is 319 g/mol. The average Bonchev–Trinajstić information content (AvgIpc) is 2.28. The number of halogens is 1. The minimum absolute atomic E-state index is 1.32. The zero-order valence-corrected chi connectivity index (χ0v) is 12.9. The second-order valence-corrected chi connectivity index (χ2v) is 5.83. The fourth-order valence-electron chi connectivity index (χ4n) is 2.09. The van der Waals surface area contributed by atoms with Crippen molar-refractivity contribution >= 4 is 22.6 Å². The van der Waals surface area contributed by atoms with E-state index in [0.29, 0.717) is 0 Å². The van der Waals surface area contributed by atoms with Crippen molar-refractivity contribution in [1.29, 1.82) is 0 Å². The van der Waals surface area contributed by atoms with Gasteiger partial charge < -0.3 is 0 Å². The molecule has 0 aliphatic carbocycles. The molecule has 2 rings (SSSR count). The van der Waals surface area contributed by atoms with Gasteiger partial charge in [0.25, 0.3) is 0 Å². The lowest BCUT2D eigenvalue weighted by molar-refractivity contribution is 1.26. The largest absolute Gasteiger partial charge is 0.0586 e. The molecule has 0 bridgehead atoms. The third-order valence-electron chi connectivity index (χ3n) is 3.47. The van der Waals surface area contributed by atoms with E-state index in [2.05, 4.69) is 80.6 Å². The Balaban J connectivity index is 2.65. The summed E-state index contributed by atoms with van der Waals surface area (Å²) >= 11 is 2.43. The Kier molecular flexibility index (Phi) is 3.57. The van der Waals surface area contributed by atoms with Crippen LogP contribution in [0.25, 0.3) is 11.1 Å². The van der Waals surface area contributed by atoms with Crippen molar-refractivity contribution in [2.75, 3.05) is 0 Å². The highest BCUT2D eigenvalue weighted by atomic mass is 127. The van der Waals surface area contributed by atoms with Gasteiger partial charge in [0.2, 0.25) is 0 Å². The summed E-state index contributed by atoms with van der Waals surface area (Å²) in [4.78, 5) is 0. The summed E-state index contributed by atoms with van der Waals surface area (Å²) in [5.74, 6) is 0. The van der Waals surface area contributed by atoms with Crippen molar-refractivity contribution in [3.05, 3.63) is 56.2 Å². The van der Waals surface area contributed by atoms with Crippen molar-refractivity contribution in [1.82, 2.24) is 0 Å². The Bertz CT molecular complexity index is 568. The predicted molar refractivity (Wildman–Crippen MR) is 83.5 cm³/mol. The molecule has 0 unspecified atom stereocenters. The first-order valence-electron chi connectivity index (χ1n) is 5.84. The Hall–Kier alpha value is -0.830. The van der Waals surface area contributed by atoms with E-state index >= 15 is 0 Å². The highest BCUT2D eigenvalue weighted by Gasteiger charge is 2.08. The first-order valence-corrected chi connectivity index (χ1v) is 6.92. The Morgan fingerprint density at radius 3 is 2.06 bits per heavy atom. The summed E-state index contributed by atoms with van der Waals surface area (Å²) in [6, 6.07) is 11.1. The Labute approximate surface area is 117 Å². The lowest BCUT2D eigenvalue weighted by Gasteiger charge is -2.13. The molecular formula is C16H17I. The van der Waals surface area contributed by atoms with Gasteiger partial charge in [0.05, 0.1) is 0 Å². The summed E-state index contributed by atoms with van der Waals surface area (Å²) in [6.45, 7) is 8.73. The molecule has 0 radical (unpaired) electrons. The van der Waals surface area contributed by atoms with Crippen LogP contribution in [0.1, 0.15) is 22.3 Å². The van der Waals surface area contributed by atoms with E-state index in [1.54, 1.807) is 0 Å². The fraction of sp³-hybridized carbons (Fsp3) is 0.250. The third-order valence-corrected chi connectivity index (χ3v) is 4.37. The summed E-state index contributed by atoms with van der Waals surface area (Å²) < 4.78 is 1.33. The van der Waals surface area contributed by atoms with E-state index < -0.39 is 0 Å². The molecule has 0 spiro atoms. The topological polar surface area (TPSA) is 0 Å². The van der Waals surface area contributed by atoms with E-state index in [1.807, 2.05) is 0 Å². The molecule has 0 N–H and O–H groups in total. The van der Waals surface area contributed by atoms with E-state index in [-0.39, 0.29) is 0 Å². The molecule has 0 aromatic heterocycles. The van der Waals surface area contributed by atoms with Gasteiger partial charge >= 0.3 is 0 Å². The number of hydrogen-bond donors (Lipinski definition) is 0. The van der Waals surface area contributed by atoms with Crippen LogP contribution in [-0.4, -0.2) is 0 Å². The average molecular weight is 336 g/mol. The molecule has 0 fully saturated rings. The normalized spacial score (nSPS) is 10.6. The molecule has 2 aromatic rings. The summed E-state index contributed by atoms with van der Waals surface area (Å²) in [6.07, 6.45) is 0. The first kappa shape index (κ1) is 12.6. The summed E-state index contributed by atoms with van der Waals surface area (Å²) in [5.41, 5.74) is 8.19. The molecule has 0 nitrogen and oxygen atoms in total. The van der Waals surface area contributed by atoms with Gasteiger partial charge in [0.15, 0.2) is 0 Å². The highest BCUT2D eigenvalue weighted by molar-refractivity contribution is 14.1. The van der Waals surface area contributed by atoms with Crippen molar-refractivity contribution in [3.63, 3.8) is 0 Å². The second kappa shape index (κ2) is 4.81. The Morgan fingerprint density at radius 1 is 0.765 bits per heavy atom. The zero-order chi connectivity index (χ0) is 12.6. The van der Waals surface area contributed by atoms with Gasteiger partial charge in [-0.15, -0.1) is 0 Å². The molecule has 0 amide bonds. The smallest absolute Gasteiger partial charge is 0.0211 e. The van der Waals surface area contributed by atoms with Crippen LogP contribution in [-0.2, 0) is 0 Å². The number of hydrogen-bond acceptors (Lipinski definition) is 0. The lowest BCUT2D eigenvalue weighted by atomic mass is 9.94. The Morgan fingerprint density at radius 2 is 1.41 bits per heavy atom. The van der Waals surface area contributed by atoms with Gasteiger partial charge in [-0.05, 0) is 84.2 Å². The molecule has 0 aliphatic heterocycles. The van der Waals surface area contributed by atoms with E-state index in [4.69, 9.17) is 0 Å². The predicted octanol–water partition coefficient (Wildman–Crippen LogP) is 5.19. The highest BCUT2D eigenvalue weighted by Crippen LogP contribution is 2.31. The number of rotatable bonds is 1. The molecule has 0 saturated heterocycles. The zero-order valence-electron chi connectivity index (χ0n) is 10.8. The molecule has 0 heterocycles. The van der Waals surface area contributed by atoms with Gasteiger partial charge in [-0.1, -0.05) is 29.8 Å². The van der Waals surface area contributed by atoms with Crippen molar-refractivity contribution in [2.24, 2.45) is 0 Å². The van der Waals surface area contributed by atoms with Gasteiger partial charge in [-0.2, -0.15) is 0 Å². The summed E-state index contributed by atoms with van der Waals surface area (Å²) in [5, 5.41) is 0. The van der Waals surface area contributed by atoms with Gasteiger partial charge in [-0.3, -0.25) is 0 Å². The van der Waals surface area contributed by atoms with E-state index in [9.17, 15) is 0 Å². The molecule has 1 heteroatoms. The molecule has 88 valence electrons. The SMILES string of the molecule is Cc1ccc(-c2ccc(C)c(C)c2C)c(I)c1. The third kappa shape index (κ3) is 2.39.